The van der Waals surface area contributed by atoms with Crippen molar-refractivity contribution in [1.29, 1.82) is 0 Å². The van der Waals surface area contributed by atoms with Gasteiger partial charge in [-0.05, 0) is 44.7 Å². The molecule has 1 unspecified atom stereocenters. The fourth-order valence-corrected chi connectivity index (χ4v) is 2.94. The highest BCUT2D eigenvalue weighted by molar-refractivity contribution is 5.76. The van der Waals surface area contributed by atoms with Crippen molar-refractivity contribution in [3.63, 3.8) is 0 Å². The highest BCUT2D eigenvalue weighted by atomic mass is 16.2. The van der Waals surface area contributed by atoms with Crippen molar-refractivity contribution in [3.05, 3.63) is 34.9 Å². The highest BCUT2D eigenvalue weighted by Gasteiger charge is 2.17. The van der Waals surface area contributed by atoms with Crippen molar-refractivity contribution in [1.82, 2.24) is 10.2 Å². The molecule has 2 rings (SSSR count). The predicted molar refractivity (Wildman–Crippen MR) is 82.8 cm³/mol. The van der Waals surface area contributed by atoms with Crippen LogP contribution in [0.4, 0.5) is 0 Å². The number of likely N-dealkylation sites (tertiary alicyclic amines) is 1. The molecule has 1 heterocycles. The van der Waals surface area contributed by atoms with E-state index in [0.29, 0.717) is 18.4 Å². The average molecular weight is 274 g/mol. The number of carbonyl (C=O) groups is 1. The minimum absolute atomic E-state index is 0.293. The highest BCUT2D eigenvalue weighted by Crippen LogP contribution is 2.18. The lowest BCUT2D eigenvalue weighted by Gasteiger charge is -2.19. The molecule has 1 aromatic rings. The molecular weight excluding hydrogens is 248 g/mol. The molecule has 0 aliphatic carbocycles. The lowest BCUT2D eigenvalue weighted by Crippen LogP contribution is -2.31. The maximum atomic E-state index is 12.0. The molecule has 0 spiro atoms. The van der Waals surface area contributed by atoms with Gasteiger partial charge in [-0.2, -0.15) is 0 Å². The SMILES string of the molecule is Cc1ccc(C(C)NCCC(=O)N2CCCC2)c(C)c1. The van der Waals surface area contributed by atoms with Crippen LogP contribution >= 0.6 is 0 Å². The molecule has 1 saturated heterocycles. The zero-order valence-electron chi connectivity index (χ0n) is 12.9. The van der Waals surface area contributed by atoms with Crippen LogP contribution < -0.4 is 5.32 Å². The Morgan fingerprint density at radius 1 is 1.30 bits per heavy atom. The zero-order valence-corrected chi connectivity index (χ0v) is 12.9. The summed E-state index contributed by atoms with van der Waals surface area (Å²) in [5, 5.41) is 3.47. The summed E-state index contributed by atoms with van der Waals surface area (Å²) < 4.78 is 0. The van der Waals surface area contributed by atoms with E-state index >= 15 is 0 Å². The molecule has 1 aliphatic heterocycles. The van der Waals surface area contributed by atoms with Gasteiger partial charge in [0.05, 0.1) is 0 Å². The van der Waals surface area contributed by atoms with Gasteiger partial charge in [0.25, 0.3) is 0 Å². The van der Waals surface area contributed by atoms with Crippen LogP contribution in [0.25, 0.3) is 0 Å². The van der Waals surface area contributed by atoms with Crippen molar-refractivity contribution >= 4 is 5.91 Å². The number of hydrogen-bond donors (Lipinski definition) is 1. The van der Waals surface area contributed by atoms with Gasteiger partial charge in [-0.15, -0.1) is 0 Å². The third-order valence-corrected chi connectivity index (χ3v) is 4.14. The van der Waals surface area contributed by atoms with E-state index in [0.717, 1.165) is 32.5 Å². The molecule has 3 heteroatoms. The summed E-state index contributed by atoms with van der Waals surface area (Å²) in [6.45, 7) is 9.08. The van der Waals surface area contributed by atoms with E-state index in [9.17, 15) is 4.79 Å². The monoisotopic (exact) mass is 274 g/mol. The summed E-state index contributed by atoms with van der Waals surface area (Å²) in [6.07, 6.45) is 2.94. The molecule has 1 N–H and O–H groups in total. The van der Waals surface area contributed by atoms with Gasteiger partial charge in [-0.25, -0.2) is 0 Å². The Morgan fingerprint density at radius 3 is 2.65 bits per heavy atom. The number of benzene rings is 1. The number of carbonyl (C=O) groups excluding carboxylic acids is 1. The van der Waals surface area contributed by atoms with Gasteiger partial charge < -0.3 is 10.2 Å². The van der Waals surface area contributed by atoms with E-state index in [1.165, 1.54) is 16.7 Å². The first-order valence-corrected chi connectivity index (χ1v) is 7.66. The van der Waals surface area contributed by atoms with Gasteiger partial charge >= 0.3 is 0 Å². The smallest absolute Gasteiger partial charge is 0.223 e. The molecule has 20 heavy (non-hydrogen) atoms. The Hall–Kier alpha value is -1.35. The Kier molecular flexibility index (Phi) is 5.18. The molecule has 0 radical (unpaired) electrons. The molecule has 1 aliphatic rings. The van der Waals surface area contributed by atoms with Gasteiger partial charge in [0.1, 0.15) is 0 Å². The quantitative estimate of drug-likeness (QED) is 0.895. The van der Waals surface area contributed by atoms with Crippen LogP contribution in [-0.2, 0) is 4.79 Å². The van der Waals surface area contributed by atoms with Crippen LogP contribution in [0.5, 0.6) is 0 Å². The summed E-state index contributed by atoms with van der Waals surface area (Å²) in [5.41, 5.74) is 3.93. The standard InChI is InChI=1S/C17H26N2O/c1-13-6-7-16(14(2)12-13)15(3)18-9-8-17(20)19-10-4-5-11-19/h6-7,12,15,18H,4-5,8-11H2,1-3H3. The number of aryl methyl sites for hydroxylation is 2. The number of amides is 1. The summed E-state index contributed by atoms with van der Waals surface area (Å²) in [6, 6.07) is 6.84. The summed E-state index contributed by atoms with van der Waals surface area (Å²) in [7, 11) is 0. The largest absolute Gasteiger partial charge is 0.343 e. The first-order chi connectivity index (χ1) is 9.58. The zero-order chi connectivity index (χ0) is 14.5. The van der Waals surface area contributed by atoms with Crippen molar-refractivity contribution in [3.8, 4) is 0 Å². The van der Waals surface area contributed by atoms with E-state index in [1.54, 1.807) is 0 Å². The lowest BCUT2D eigenvalue weighted by molar-refractivity contribution is -0.130. The molecule has 0 saturated carbocycles. The number of hydrogen-bond acceptors (Lipinski definition) is 2. The van der Waals surface area contributed by atoms with E-state index in [1.807, 2.05) is 4.90 Å². The van der Waals surface area contributed by atoms with Crippen molar-refractivity contribution in [2.75, 3.05) is 19.6 Å². The normalized spacial score (nSPS) is 16.4. The van der Waals surface area contributed by atoms with Crippen LogP contribution in [0.15, 0.2) is 18.2 Å². The van der Waals surface area contributed by atoms with E-state index in [-0.39, 0.29) is 0 Å². The first-order valence-electron chi connectivity index (χ1n) is 7.66. The Labute approximate surface area is 122 Å². The van der Waals surface area contributed by atoms with Crippen LogP contribution in [-0.4, -0.2) is 30.4 Å². The summed E-state index contributed by atoms with van der Waals surface area (Å²) >= 11 is 0. The molecule has 110 valence electrons. The minimum atomic E-state index is 0.293. The second-order valence-corrected chi connectivity index (χ2v) is 5.87. The van der Waals surface area contributed by atoms with E-state index < -0.39 is 0 Å². The van der Waals surface area contributed by atoms with Crippen LogP contribution in [0.2, 0.25) is 0 Å². The average Bonchev–Trinajstić information content (AvgIpc) is 2.92. The van der Waals surface area contributed by atoms with E-state index in [4.69, 9.17) is 0 Å². The second kappa shape index (κ2) is 6.89. The Morgan fingerprint density at radius 2 is 2.00 bits per heavy atom. The summed E-state index contributed by atoms with van der Waals surface area (Å²) in [5.74, 6) is 0.294. The molecule has 1 aromatic carbocycles. The van der Waals surface area contributed by atoms with Crippen LogP contribution in [0.1, 0.15) is 48.9 Å². The van der Waals surface area contributed by atoms with Gasteiger partial charge in [0.2, 0.25) is 5.91 Å². The second-order valence-electron chi connectivity index (χ2n) is 5.87. The molecule has 0 aromatic heterocycles. The number of rotatable bonds is 5. The third kappa shape index (κ3) is 3.83. The lowest BCUT2D eigenvalue weighted by atomic mass is 10.0. The van der Waals surface area contributed by atoms with Crippen molar-refractivity contribution < 1.29 is 4.79 Å². The topological polar surface area (TPSA) is 32.3 Å². The Bertz CT molecular complexity index is 464. The van der Waals surface area contributed by atoms with Gasteiger partial charge in [0.15, 0.2) is 0 Å². The van der Waals surface area contributed by atoms with Gasteiger partial charge in [0, 0.05) is 32.1 Å². The fraction of sp³-hybridized carbons (Fsp3) is 0.588. The molecule has 1 amide bonds. The molecule has 3 nitrogen and oxygen atoms in total. The molecule has 0 bridgehead atoms. The van der Waals surface area contributed by atoms with Crippen molar-refractivity contribution in [2.24, 2.45) is 0 Å². The minimum Gasteiger partial charge on any atom is -0.343 e. The van der Waals surface area contributed by atoms with Crippen LogP contribution in [0.3, 0.4) is 0 Å². The maximum Gasteiger partial charge on any atom is 0.223 e. The first kappa shape index (κ1) is 15.0. The third-order valence-electron chi connectivity index (χ3n) is 4.14. The van der Waals surface area contributed by atoms with Crippen LogP contribution in [0, 0.1) is 13.8 Å². The number of nitrogens with zero attached hydrogens (tertiary/aromatic N) is 1. The maximum absolute atomic E-state index is 12.0. The van der Waals surface area contributed by atoms with E-state index in [2.05, 4.69) is 44.3 Å². The predicted octanol–water partition coefficient (Wildman–Crippen LogP) is 2.97. The number of nitrogens with one attached hydrogen (secondary N) is 1. The summed E-state index contributed by atoms with van der Waals surface area (Å²) in [4.78, 5) is 14.0. The Balaban J connectivity index is 1.79. The molecule has 1 atom stereocenters. The fourth-order valence-electron chi connectivity index (χ4n) is 2.94. The molecular formula is C17H26N2O. The van der Waals surface area contributed by atoms with Gasteiger partial charge in [-0.3, -0.25) is 4.79 Å². The van der Waals surface area contributed by atoms with Gasteiger partial charge in [-0.1, -0.05) is 23.8 Å². The molecule has 1 fully saturated rings. The van der Waals surface area contributed by atoms with Crippen molar-refractivity contribution in [2.45, 2.75) is 46.1 Å².